The van der Waals surface area contributed by atoms with Crippen LogP contribution in [0.5, 0.6) is 0 Å². The summed E-state index contributed by atoms with van der Waals surface area (Å²) in [7, 11) is 0. The third-order valence-electron chi connectivity index (χ3n) is 8.38. The van der Waals surface area contributed by atoms with E-state index in [1.807, 2.05) is 17.0 Å². The topological polar surface area (TPSA) is 92.7 Å². The van der Waals surface area contributed by atoms with Gasteiger partial charge in [0.15, 0.2) is 0 Å². The first-order valence-electron chi connectivity index (χ1n) is 11.7. The summed E-state index contributed by atoms with van der Waals surface area (Å²) in [6.45, 7) is 6.64. The number of hydrogen-bond acceptors (Lipinski definition) is 4. The lowest BCUT2D eigenvalue weighted by molar-refractivity contribution is -0.103. The van der Waals surface area contributed by atoms with Gasteiger partial charge in [-0.1, -0.05) is 19.9 Å². The minimum atomic E-state index is -0.109. The Labute approximate surface area is 183 Å². The minimum Gasteiger partial charge on any atom is -0.350 e. The van der Waals surface area contributed by atoms with Crippen molar-refractivity contribution in [3.8, 4) is 0 Å². The van der Waals surface area contributed by atoms with Crippen molar-refractivity contribution in [3.05, 3.63) is 35.8 Å². The fourth-order valence-corrected chi connectivity index (χ4v) is 6.32. The average Bonchev–Trinajstić information content (AvgIpc) is 3.43. The van der Waals surface area contributed by atoms with Crippen LogP contribution in [0.1, 0.15) is 66.9 Å². The maximum absolute atomic E-state index is 13.0. The molecule has 7 heteroatoms. The van der Waals surface area contributed by atoms with Crippen molar-refractivity contribution in [2.75, 3.05) is 19.6 Å². The number of carbonyl (C=O) groups is 2. The third kappa shape index (κ3) is 3.34. The molecule has 2 aromatic rings. The molecule has 1 saturated heterocycles. The largest absolute Gasteiger partial charge is 0.350 e. The van der Waals surface area contributed by atoms with Crippen molar-refractivity contribution in [3.63, 3.8) is 0 Å². The van der Waals surface area contributed by atoms with Gasteiger partial charge in [-0.25, -0.2) is 4.98 Å². The summed E-state index contributed by atoms with van der Waals surface area (Å²) in [5, 5.41) is 3.16. The summed E-state index contributed by atoms with van der Waals surface area (Å²) in [5.74, 6) is 1.89. The molecule has 3 aliphatic carbocycles. The minimum absolute atomic E-state index is 0.0749. The fraction of sp³-hybridized carbons (Fsp3) is 0.625. The molecule has 0 spiro atoms. The Balaban J connectivity index is 1.32. The van der Waals surface area contributed by atoms with Crippen LogP contribution in [0, 0.1) is 23.2 Å². The zero-order chi connectivity index (χ0) is 21.8. The van der Waals surface area contributed by atoms with Crippen LogP contribution in [0.25, 0.3) is 5.65 Å². The van der Waals surface area contributed by atoms with Crippen molar-refractivity contribution in [2.45, 2.75) is 52.0 Å². The van der Waals surface area contributed by atoms with Gasteiger partial charge in [0.25, 0.3) is 11.8 Å². The van der Waals surface area contributed by atoms with Gasteiger partial charge in [0.1, 0.15) is 17.0 Å². The summed E-state index contributed by atoms with van der Waals surface area (Å²) in [6, 6.07) is 5.52. The van der Waals surface area contributed by atoms with Crippen molar-refractivity contribution in [2.24, 2.45) is 28.9 Å². The van der Waals surface area contributed by atoms with E-state index in [2.05, 4.69) is 24.1 Å². The number of nitrogens with one attached hydrogen (secondary N) is 1. The highest BCUT2D eigenvalue weighted by Gasteiger charge is 2.53. The van der Waals surface area contributed by atoms with E-state index in [1.165, 1.54) is 19.3 Å². The zero-order valence-electron chi connectivity index (χ0n) is 18.5. The number of likely N-dealkylation sites (tertiary alicyclic amines) is 1. The van der Waals surface area contributed by atoms with Gasteiger partial charge >= 0.3 is 0 Å². The van der Waals surface area contributed by atoms with E-state index in [1.54, 1.807) is 16.7 Å². The Morgan fingerprint density at radius 1 is 1.26 bits per heavy atom. The number of carbonyl (C=O) groups excluding carboxylic acids is 2. The average molecular weight is 424 g/mol. The molecule has 4 fully saturated rings. The highest BCUT2D eigenvalue weighted by molar-refractivity contribution is 5.95. The molecule has 7 nitrogen and oxygen atoms in total. The van der Waals surface area contributed by atoms with E-state index in [4.69, 9.17) is 5.73 Å². The van der Waals surface area contributed by atoms with Crippen LogP contribution in [0.15, 0.2) is 24.4 Å². The second-order valence-electron chi connectivity index (χ2n) is 10.2. The first kappa shape index (κ1) is 20.5. The Hall–Kier alpha value is -2.41. The second kappa shape index (κ2) is 7.62. The standard InChI is InChI=1S/C24H33N5O2/c1-24(2)16-9-8-15(18(24)11-16)13-26-22(30)20-6-3-7-21-27-19(14-29(20)21)23(31)28-10-4-5-17(28)12-25/h3,6-7,14-18H,4-5,8-13,25H2,1-2H3,(H,26,30)/t15-,16-,17-,18-/m0/s1. The summed E-state index contributed by atoms with van der Waals surface area (Å²) in [4.78, 5) is 32.4. The molecular weight excluding hydrogens is 390 g/mol. The highest BCUT2D eigenvalue weighted by Crippen LogP contribution is 2.61. The first-order valence-corrected chi connectivity index (χ1v) is 11.7. The molecule has 3 N–H and O–H groups in total. The number of nitrogens with zero attached hydrogens (tertiary/aromatic N) is 3. The lowest BCUT2D eigenvalue weighted by Gasteiger charge is -2.60. The van der Waals surface area contributed by atoms with Gasteiger partial charge in [-0.15, -0.1) is 0 Å². The Bertz CT molecular complexity index is 1010. The maximum Gasteiger partial charge on any atom is 0.274 e. The first-order chi connectivity index (χ1) is 14.9. The van der Waals surface area contributed by atoms with Crippen LogP contribution < -0.4 is 11.1 Å². The van der Waals surface area contributed by atoms with E-state index in [9.17, 15) is 9.59 Å². The molecule has 0 aromatic carbocycles. The number of aromatic nitrogens is 2. The highest BCUT2D eigenvalue weighted by atomic mass is 16.2. The lowest BCUT2D eigenvalue weighted by Crippen LogP contribution is -2.54. The monoisotopic (exact) mass is 423 g/mol. The van der Waals surface area contributed by atoms with E-state index in [0.29, 0.717) is 53.9 Å². The molecular formula is C24H33N5O2. The molecule has 2 amide bonds. The van der Waals surface area contributed by atoms with Crippen LogP contribution in [-0.4, -0.2) is 51.8 Å². The predicted octanol–water partition coefficient (Wildman–Crippen LogP) is 2.70. The summed E-state index contributed by atoms with van der Waals surface area (Å²) in [6.07, 6.45) is 7.37. The van der Waals surface area contributed by atoms with E-state index in [0.717, 1.165) is 18.8 Å². The molecule has 3 saturated carbocycles. The third-order valence-corrected chi connectivity index (χ3v) is 8.38. The van der Waals surface area contributed by atoms with Crippen LogP contribution >= 0.6 is 0 Å². The number of imidazole rings is 1. The van der Waals surface area contributed by atoms with E-state index >= 15 is 0 Å². The van der Waals surface area contributed by atoms with Gasteiger partial charge in [-0.3, -0.25) is 14.0 Å². The molecule has 31 heavy (non-hydrogen) atoms. The molecule has 3 heterocycles. The molecule has 166 valence electrons. The number of amides is 2. The smallest absolute Gasteiger partial charge is 0.274 e. The number of nitrogens with two attached hydrogens (primary N) is 1. The van der Waals surface area contributed by atoms with Gasteiger partial charge < -0.3 is 16.0 Å². The van der Waals surface area contributed by atoms with Gasteiger partial charge in [0.05, 0.1) is 0 Å². The molecule has 1 aliphatic heterocycles. The van der Waals surface area contributed by atoms with E-state index in [-0.39, 0.29) is 17.9 Å². The second-order valence-corrected chi connectivity index (χ2v) is 10.2. The maximum atomic E-state index is 13.0. The SMILES string of the molecule is CC1(C)[C@H]2CC[C@@H](CNC(=O)c3cccc4nc(C(=O)N5CCC[C@H]5CN)cn34)[C@@H]1C2. The predicted molar refractivity (Wildman–Crippen MR) is 119 cm³/mol. The Morgan fingerprint density at radius 2 is 2.10 bits per heavy atom. The summed E-state index contributed by atoms with van der Waals surface area (Å²) >= 11 is 0. The van der Waals surface area contributed by atoms with Crippen molar-refractivity contribution in [1.29, 1.82) is 0 Å². The van der Waals surface area contributed by atoms with Crippen molar-refractivity contribution >= 4 is 17.5 Å². The van der Waals surface area contributed by atoms with Gasteiger partial charge in [0.2, 0.25) is 0 Å². The van der Waals surface area contributed by atoms with E-state index < -0.39 is 0 Å². The fourth-order valence-electron chi connectivity index (χ4n) is 6.32. The summed E-state index contributed by atoms with van der Waals surface area (Å²) < 4.78 is 1.74. The van der Waals surface area contributed by atoms with Gasteiger partial charge in [0, 0.05) is 31.9 Å². The molecule has 4 atom stereocenters. The number of pyridine rings is 1. The Kier molecular flexibility index (Phi) is 5.04. The molecule has 6 rings (SSSR count). The van der Waals surface area contributed by atoms with Crippen molar-refractivity contribution in [1.82, 2.24) is 19.6 Å². The summed E-state index contributed by atoms with van der Waals surface area (Å²) in [5.41, 5.74) is 7.74. The number of rotatable bonds is 5. The number of fused-ring (bicyclic) bond motifs is 3. The molecule has 2 aromatic heterocycles. The zero-order valence-corrected chi connectivity index (χ0v) is 18.5. The van der Waals surface area contributed by atoms with Gasteiger partial charge in [-0.05, 0) is 67.4 Å². The lowest BCUT2D eigenvalue weighted by atomic mass is 9.45. The van der Waals surface area contributed by atoms with Crippen molar-refractivity contribution < 1.29 is 9.59 Å². The molecule has 4 aliphatic rings. The van der Waals surface area contributed by atoms with Crippen LogP contribution in [0.3, 0.4) is 0 Å². The van der Waals surface area contributed by atoms with Crippen LogP contribution in [0.4, 0.5) is 0 Å². The molecule has 0 unspecified atom stereocenters. The number of hydrogen-bond donors (Lipinski definition) is 2. The van der Waals surface area contributed by atoms with Gasteiger partial charge in [-0.2, -0.15) is 0 Å². The quantitative estimate of drug-likeness (QED) is 0.773. The Morgan fingerprint density at radius 3 is 2.84 bits per heavy atom. The molecule has 0 radical (unpaired) electrons. The van der Waals surface area contributed by atoms with Crippen LogP contribution in [0.2, 0.25) is 0 Å². The molecule has 2 bridgehead atoms. The van der Waals surface area contributed by atoms with Crippen LogP contribution in [-0.2, 0) is 0 Å². The normalized spacial score (nSPS) is 29.1.